The van der Waals surface area contributed by atoms with E-state index >= 15 is 0 Å². The van der Waals surface area contributed by atoms with Crippen LogP contribution in [0.2, 0.25) is 0 Å². The third-order valence-corrected chi connectivity index (χ3v) is 3.61. The number of nitrogens with one attached hydrogen (secondary N) is 1. The minimum atomic E-state index is -1.26. The van der Waals surface area contributed by atoms with Gasteiger partial charge >= 0.3 is 11.7 Å². The SMILES string of the molecule is CCOC(=O)[C@H](/C=N\Nc1ccc([N+](=O)[O-])cc1[N+](=O)[O-])Oc1cccc(OC)c1. The zero-order chi connectivity index (χ0) is 22.1. The number of carbonyl (C=O) groups is 1. The van der Waals surface area contributed by atoms with Crippen molar-refractivity contribution in [2.45, 2.75) is 13.0 Å². The first-order valence-corrected chi connectivity index (χ1v) is 8.55. The fourth-order valence-electron chi connectivity index (χ4n) is 2.24. The van der Waals surface area contributed by atoms with Crippen molar-refractivity contribution in [3.05, 3.63) is 62.7 Å². The first-order valence-electron chi connectivity index (χ1n) is 8.55. The fourth-order valence-corrected chi connectivity index (χ4v) is 2.24. The number of nitrogens with zero attached hydrogens (tertiary/aromatic N) is 3. The predicted molar refractivity (Wildman–Crippen MR) is 106 cm³/mol. The molecule has 0 aliphatic heterocycles. The molecule has 0 fully saturated rings. The number of anilines is 1. The molecule has 0 bridgehead atoms. The van der Waals surface area contributed by atoms with Crippen molar-refractivity contribution >= 4 is 29.2 Å². The van der Waals surface area contributed by atoms with Gasteiger partial charge in [-0.3, -0.25) is 25.7 Å². The quantitative estimate of drug-likeness (QED) is 0.265. The summed E-state index contributed by atoms with van der Waals surface area (Å²) in [5, 5.41) is 25.8. The highest BCUT2D eigenvalue weighted by molar-refractivity contribution is 5.93. The smallest absolute Gasteiger partial charge is 0.353 e. The highest BCUT2D eigenvalue weighted by atomic mass is 16.6. The highest BCUT2D eigenvalue weighted by Crippen LogP contribution is 2.29. The zero-order valence-corrected chi connectivity index (χ0v) is 16.0. The summed E-state index contributed by atoms with van der Waals surface area (Å²) in [7, 11) is 1.48. The largest absolute Gasteiger partial charge is 0.497 e. The van der Waals surface area contributed by atoms with E-state index in [1.54, 1.807) is 31.2 Å². The second-order valence-corrected chi connectivity index (χ2v) is 5.58. The number of hydrazone groups is 1. The van der Waals surface area contributed by atoms with E-state index < -0.39 is 33.3 Å². The molecule has 0 radical (unpaired) electrons. The average Bonchev–Trinajstić information content (AvgIpc) is 2.73. The van der Waals surface area contributed by atoms with E-state index in [-0.39, 0.29) is 12.3 Å². The molecule has 2 rings (SSSR count). The van der Waals surface area contributed by atoms with Crippen LogP contribution in [-0.2, 0) is 9.53 Å². The zero-order valence-electron chi connectivity index (χ0n) is 16.0. The van der Waals surface area contributed by atoms with E-state index in [9.17, 15) is 25.0 Å². The van der Waals surface area contributed by atoms with E-state index in [2.05, 4.69) is 10.5 Å². The number of benzene rings is 2. The van der Waals surface area contributed by atoms with Crippen molar-refractivity contribution < 1.29 is 28.9 Å². The molecule has 0 heterocycles. The second-order valence-electron chi connectivity index (χ2n) is 5.58. The number of rotatable bonds is 10. The molecular weight excluding hydrogens is 400 g/mol. The third kappa shape index (κ3) is 5.89. The van der Waals surface area contributed by atoms with E-state index in [1.807, 2.05) is 0 Å². The Kier molecular flexibility index (Phi) is 7.62. The van der Waals surface area contributed by atoms with Crippen molar-refractivity contribution in [3.8, 4) is 11.5 Å². The summed E-state index contributed by atoms with van der Waals surface area (Å²) in [5.74, 6) is 0.0796. The van der Waals surface area contributed by atoms with Crippen molar-refractivity contribution in [2.75, 3.05) is 19.1 Å². The van der Waals surface area contributed by atoms with Gasteiger partial charge in [0, 0.05) is 12.1 Å². The first-order chi connectivity index (χ1) is 14.3. The maximum atomic E-state index is 12.2. The number of nitro benzene ring substituents is 2. The Morgan fingerprint density at radius 1 is 1.17 bits per heavy atom. The molecule has 30 heavy (non-hydrogen) atoms. The van der Waals surface area contributed by atoms with Gasteiger partial charge in [0.2, 0.25) is 6.10 Å². The molecule has 0 saturated heterocycles. The lowest BCUT2D eigenvalue weighted by molar-refractivity contribution is -0.393. The average molecular weight is 418 g/mol. The van der Waals surface area contributed by atoms with Gasteiger partial charge in [-0.05, 0) is 25.1 Å². The van der Waals surface area contributed by atoms with Crippen LogP contribution in [0, 0.1) is 20.2 Å². The third-order valence-electron chi connectivity index (χ3n) is 3.61. The molecule has 158 valence electrons. The topological polar surface area (TPSA) is 155 Å². The summed E-state index contributed by atoms with van der Waals surface area (Å²) < 4.78 is 15.6. The molecule has 2 aromatic rings. The monoisotopic (exact) mass is 418 g/mol. The van der Waals surface area contributed by atoms with E-state index in [4.69, 9.17) is 14.2 Å². The van der Waals surface area contributed by atoms with Gasteiger partial charge in [0.25, 0.3) is 5.69 Å². The van der Waals surface area contributed by atoms with Gasteiger partial charge in [-0.2, -0.15) is 5.10 Å². The summed E-state index contributed by atoms with van der Waals surface area (Å²) >= 11 is 0. The molecule has 0 unspecified atom stereocenters. The summed E-state index contributed by atoms with van der Waals surface area (Å²) in [4.78, 5) is 32.6. The second kappa shape index (κ2) is 10.4. The van der Waals surface area contributed by atoms with E-state index in [1.165, 1.54) is 7.11 Å². The van der Waals surface area contributed by atoms with Gasteiger partial charge < -0.3 is 14.2 Å². The molecule has 0 amide bonds. The Morgan fingerprint density at radius 2 is 1.90 bits per heavy atom. The van der Waals surface area contributed by atoms with Crippen LogP contribution >= 0.6 is 0 Å². The Bertz CT molecular complexity index is 963. The van der Waals surface area contributed by atoms with Gasteiger partial charge in [-0.1, -0.05) is 6.07 Å². The number of esters is 1. The van der Waals surface area contributed by atoms with E-state index in [0.717, 1.165) is 24.4 Å². The van der Waals surface area contributed by atoms with Gasteiger partial charge in [-0.25, -0.2) is 4.79 Å². The van der Waals surface area contributed by atoms with Gasteiger partial charge in [0.1, 0.15) is 17.2 Å². The summed E-state index contributed by atoms with van der Waals surface area (Å²) in [5.41, 5.74) is 1.29. The molecule has 12 nitrogen and oxygen atoms in total. The summed E-state index contributed by atoms with van der Waals surface area (Å²) in [6, 6.07) is 9.51. The molecule has 1 N–H and O–H groups in total. The maximum Gasteiger partial charge on any atom is 0.353 e. The first kappa shape index (κ1) is 22.1. The highest BCUT2D eigenvalue weighted by Gasteiger charge is 2.22. The van der Waals surface area contributed by atoms with E-state index in [0.29, 0.717) is 11.5 Å². The summed E-state index contributed by atoms with van der Waals surface area (Å²) in [6.07, 6.45) is -0.204. The molecule has 0 aromatic heterocycles. The van der Waals surface area contributed by atoms with Crippen molar-refractivity contribution in [3.63, 3.8) is 0 Å². The number of ether oxygens (including phenoxy) is 3. The van der Waals surface area contributed by atoms with Crippen LogP contribution in [0.5, 0.6) is 11.5 Å². The molecule has 0 aliphatic carbocycles. The molecule has 0 spiro atoms. The number of hydrogen-bond donors (Lipinski definition) is 1. The van der Waals surface area contributed by atoms with Gasteiger partial charge in [0.15, 0.2) is 0 Å². The lowest BCUT2D eigenvalue weighted by Gasteiger charge is -2.14. The minimum Gasteiger partial charge on any atom is -0.497 e. The maximum absolute atomic E-state index is 12.2. The van der Waals surface area contributed by atoms with Crippen LogP contribution in [0.4, 0.5) is 17.1 Å². The van der Waals surface area contributed by atoms with Crippen LogP contribution in [0.15, 0.2) is 47.6 Å². The molecule has 1 atom stereocenters. The number of nitro groups is 2. The number of carbonyl (C=O) groups excluding carboxylic acids is 1. The Labute approximate surface area is 170 Å². The standard InChI is InChI=1S/C18H18N4O8/c1-3-29-18(23)17(30-14-6-4-5-13(10-14)28-2)11-19-20-15-8-7-12(21(24)25)9-16(15)22(26)27/h4-11,17,20H,3H2,1-2H3/b19-11-/t17-/m0/s1. The van der Waals surface area contributed by atoms with Gasteiger partial charge in [0.05, 0.1) is 35.8 Å². The predicted octanol–water partition coefficient (Wildman–Crippen LogP) is 2.92. The van der Waals surface area contributed by atoms with Crippen LogP contribution in [0.25, 0.3) is 0 Å². The van der Waals surface area contributed by atoms with Crippen molar-refractivity contribution in [1.29, 1.82) is 0 Å². The van der Waals surface area contributed by atoms with Crippen LogP contribution in [0.1, 0.15) is 6.92 Å². The Hall–Kier alpha value is -4.22. The number of non-ortho nitro benzene ring substituents is 1. The molecule has 2 aromatic carbocycles. The molecular formula is C18H18N4O8. The van der Waals surface area contributed by atoms with Gasteiger partial charge in [-0.15, -0.1) is 0 Å². The fraction of sp³-hybridized carbons (Fsp3) is 0.222. The molecule has 12 heteroatoms. The van der Waals surface area contributed by atoms with Crippen LogP contribution in [0.3, 0.4) is 0 Å². The van der Waals surface area contributed by atoms with Crippen LogP contribution in [-0.4, -0.2) is 41.9 Å². The normalized spacial score (nSPS) is 11.5. The number of methoxy groups -OCH3 is 1. The van der Waals surface area contributed by atoms with Crippen molar-refractivity contribution in [1.82, 2.24) is 0 Å². The number of hydrogen-bond acceptors (Lipinski definition) is 10. The molecule has 0 saturated carbocycles. The lowest BCUT2D eigenvalue weighted by atomic mass is 10.2. The van der Waals surface area contributed by atoms with Crippen molar-refractivity contribution in [2.24, 2.45) is 5.10 Å². The lowest BCUT2D eigenvalue weighted by Crippen LogP contribution is -2.31. The molecule has 0 aliphatic rings. The summed E-state index contributed by atoms with van der Waals surface area (Å²) in [6.45, 7) is 1.72. The van der Waals surface area contributed by atoms with Crippen LogP contribution < -0.4 is 14.9 Å². The Balaban J connectivity index is 2.22. The minimum absolute atomic E-state index is 0.103. The Morgan fingerprint density at radius 3 is 2.53 bits per heavy atom.